The van der Waals surface area contributed by atoms with Crippen molar-refractivity contribution in [3.63, 3.8) is 0 Å². The van der Waals surface area contributed by atoms with Crippen molar-refractivity contribution in [3.8, 4) is 0 Å². The van der Waals surface area contributed by atoms with E-state index < -0.39 is 38.5 Å². The number of amides is 1. The van der Waals surface area contributed by atoms with E-state index in [1.807, 2.05) is 24.3 Å². The third-order valence-electron chi connectivity index (χ3n) is 5.32. The Kier molecular flexibility index (Phi) is 9.75. The Morgan fingerprint density at radius 1 is 1.19 bits per heavy atom. The van der Waals surface area contributed by atoms with Crippen molar-refractivity contribution >= 4 is 42.1 Å². The second kappa shape index (κ2) is 12.6. The summed E-state index contributed by atoms with van der Waals surface area (Å²) in [5.74, 6) is -0.307. The highest BCUT2D eigenvalue weighted by Gasteiger charge is 2.25. The smallest absolute Gasteiger partial charge is 0.448 e. The predicted octanol–water partition coefficient (Wildman–Crippen LogP) is 3.94. The van der Waals surface area contributed by atoms with Gasteiger partial charge in [-0.1, -0.05) is 48.0 Å². The Labute approximate surface area is 211 Å². The SMILES string of the molecule is CN(Cc1cccc(F)c1Cl)[C@@H](COC(=O)Nc1cc2ccccc2cn1)C[C@H](O)COP(=O)(O)O. The molecule has 10 nitrogen and oxygen atoms in total. The molecule has 2 aromatic carbocycles. The standard InChI is InChI=1S/C23H26ClFN3O7P/c1-28(12-17-7-4-8-20(25)22(17)24)18(10-19(29)14-35-36(31,32)33)13-34-23(30)27-21-9-15-5-2-3-6-16(15)11-26-21/h2-9,11,18-19,29H,10,12-14H2,1H3,(H,26,27,30)(H2,31,32,33)/t18-,19+/m1/s1. The van der Waals surface area contributed by atoms with Crippen molar-refractivity contribution in [2.45, 2.75) is 25.1 Å². The first-order chi connectivity index (χ1) is 17.0. The van der Waals surface area contributed by atoms with E-state index in [1.165, 1.54) is 12.1 Å². The molecular formula is C23H26ClFN3O7P. The van der Waals surface area contributed by atoms with Crippen LogP contribution in [0.3, 0.4) is 0 Å². The van der Waals surface area contributed by atoms with Crippen LogP contribution >= 0.6 is 19.4 Å². The number of carbonyl (C=O) groups is 1. The summed E-state index contributed by atoms with van der Waals surface area (Å²) in [4.78, 5) is 36.0. The third-order valence-corrected chi connectivity index (χ3v) is 6.23. The summed E-state index contributed by atoms with van der Waals surface area (Å²) < 4.78 is 34.5. The van der Waals surface area contributed by atoms with Gasteiger partial charge in [0.1, 0.15) is 18.2 Å². The van der Waals surface area contributed by atoms with Crippen LogP contribution in [0.1, 0.15) is 12.0 Å². The minimum Gasteiger partial charge on any atom is -0.448 e. The van der Waals surface area contributed by atoms with Crippen LogP contribution in [0.4, 0.5) is 15.0 Å². The molecule has 0 spiro atoms. The molecule has 1 amide bonds. The summed E-state index contributed by atoms with van der Waals surface area (Å²) in [6.07, 6.45) is -0.546. The fraction of sp³-hybridized carbons (Fsp3) is 0.304. The average Bonchev–Trinajstić information content (AvgIpc) is 2.82. The fourth-order valence-corrected chi connectivity index (χ4v) is 4.03. The highest BCUT2D eigenvalue weighted by Crippen LogP contribution is 2.36. The molecule has 13 heteroatoms. The number of hydrogen-bond donors (Lipinski definition) is 4. The molecule has 0 unspecified atom stereocenters. The number of aromatic nitrogens is 1. The van der Waals surface area contributed by atoms with Gasteiger partial charge in [0.15, 0.2) is 0 Å². The molecule has 0 aliphatic carbocycles. The molecule has 0 bridgehead atoms. The average molecular weight is 542 g/mol. The van der Waals surface area contributed by atoms with E-state index in [9.17, 15) is 18.9 Å². The van der Waals surface area contributed by atoms with Crippen LogP contribution in [0, 0.1) is 5.82 Å². The summed E-state index contributed by atoms with van der Waals surface area (Å²) in [5.41, 5.74) is 0.468. The molecule has 194 valence electrons. The van der Waals surface area contributed by atoms with Gasteiger partial charge in [0, 0.05) is 24.2 Å². The van der Waals surface area contributed by atoms with Crippen LogP contribution in [0.25, 0.3) is 10.8 Å². The van der Waals surface area contributed by atoms with Gasteiger partial charge >= 0.3 is 13.9 Å². The van der Waals surface area contributed by atoms with E-state index in [4.69, 9.17) is 26.1 Å². The number of aliphatic hydroxyl groups excluding tert-OH is 1. The van der Waals surface area contributed by atoms with Gasteiger partial charge in [-0.15, -0.1) is 0 Å². The number of nitrogens with one attached hydrogen (secondary N) is 1. The maximum atomic E-state index is 13.8. The summed E-state index contributed by atoms with van der Waals surface area (Å²) in [5, 5.41) is 14.5. The van der Waals surface area contributed by atoms with Gasteiger partial charge in [0.25, 0.3) is 0 Å². The number of pyridine rings is 1. The first kappa shape index (κ1) is 27.9. The number of nitrogens with zero attached hydrogens (tertiary/aromatic N) is 2. The molecule has 0 aliphatic rings. The van der Waals surface area contributed by atoms with E-state index in [-0.39, 0.29) is 30.4 Å². The first-order valence-corrected chi connectivity index (χ1v) is 12.7. The molecule has 0 radical (unpaired) electrons. The van der Waals surface area contributed by atoms with E-state index in [0.29, 0.717) is 5.56 Å². The van der Waals surface area contributed by atoms with Crippen molar-refractivity contribution in [1.29, 1.82) is 0 Å². The largest absolute Gasteiger partial charge is 0.469 e. The maximum absolute atomic E-state index is 13.8. The maximum Gasteiger partial charge on any atom is 0.469 e. The lowest BCUT2D eigenvalue weighted by molar-refractivity contribution is 0.0363. The number of anilines is 1. The number of ether oxygens (including phenoxy) is 1. The second-order valence-electron chi connectivity index (χ2n) is 8.10. The number of hydrogen-bond acceptors (Lipinski definition) is 7. The monoisotopic (exact) mass is 541 g/mol. The van der Waals surface area contributed by atoms with Gasteiger partial charge in [0.05, 0.1) is 17.7 Å². The van der Waals surface area contributed by atoms with E-state index in [0.717, 1.165) is 10.8 Å². The Hall–Kier alpha value is -2.63. The van der Waals surface area contributed by atoms with E-state index in [1.54, 1.807) is 30.3 Å². The Bertz CT molecular complexity index is 1250. The van der Waals surface area contributed by atoms with Crippen molar-refractivity contribution in [2.75, 3.05) is 25.6 Å². The molecule has 1 heterocycles. The van der Waals surface area contributed by atoms with Gasteiger partial charge < -0.3 is 19.6 Å². The zero-order chi connectivity index (χ0) is 26.3. The van der Waals surface area contributed by atoms with Crippen LogP contribution < -0.4 is 5.32 Å². The Morgan fingerprint density at radius 2 is 1.92 bits per heavy atom. The number of carbonyl (C=O) groups excluding carboxylic acids is 1. The van der Waals surface area contributed by atoms with Crippen LogP contribution in [0.5, 0.6) is 0 Å². The number of aliphatic hydroxyl groups is 1. The lowest BCUT2D eigenvalue weighted by Crippen LogP contribution is -2.40. The summed E-state index contributed by atoms with van der Waals surface area (Å²) >= 11 is 6.05. The Morgan fingerprint density at radius 3 is 2.64 bits per heavy atom. The van der Waals surface area contributed by atoms with Gasteiger partial charge in [-0.2, -0.15) is 0 Å². The van der Waals surface area contributed by atoms with Crippen molar-refractivity contribution in [1.82, 2.24) is 9.88 Å². The van der Waals surface area contributed by atoms with Crippen LogP contribution in [0.2, 0.25) is 5.02 Å². The number of likely N-dealkylation sites (N-methyl/N-ethyl adjacent to an activating group) is 1. The minimum atomic E-state index is -4.78. The molecular weight excluding hydrogens is 516 g/mol. The van der Waals surface area contributed by atoms with Crippen molar-refractivity contribution in [2.24, 2.45) is 0 Å². The molecule has 1 aromatic heterocycles. The van der Waals surface area contributed by atoms with Gasteiger partial charge in [0.2, 0.25) is 0 Å². The second-order valence-corrected chi connectivity index (χ2v) is 9.72. The lowest BCUT2D eigenvalue weighted by Gasteiger charge is -2.29. The molecule has 36 heavy (non-hydrogen) atoms. The van der Waals surface area contributed by atoms with Crippen LogP contribution in [-0.4, -0.2) is 63.3 Å². The number of halogens is 2. The molecule has 3 rings (SSSR count). The van der Waals surface area contributed by atoms with Crippen molar-refractivity contribution < 1.29 is 37.9 Å². The van der Waals surface area contributed by atoms with E-state index in [2.05, 4.69) is 14.8 Å². The molecule has 2 atom stereocenters. The molecule has 4 N–H and O–H groups in total. The van der Waals surface area contributed by atoms with Crippen LogP contribution in [0.15, 0.2) is 54.7 Å². The summed E-state index contributed by atoms with van der Waals surface area (Å²) in [6.45, 7) is -0.705. The highest BCUT2D eigenvalue weighted by molar-refractivity contribution is 7.46. The molecule has 0 saturated heterocycles. The quantitative estimate of drug-likeness (QED) is 0.266. The van der Waals surface area contributed by atoms with Crippen molar-refractivity contribution in [3.05, 3.63) is 71.1 Å². The minimum absolute atomic E-state index is 0.0606. The molecule has 0 saturated carbocycles. The van der Waals surface area contributed by atoms with E-state index >= 15 is 0 Å². The zero-order valence-corrected chi connectivity index (χ0v) is 20.9. The third kappa shape index (κ3) is 8.49. The highest BCUT2D eigenvalue weighted by atomic mass is 35.5. The molecule has 0 fully saturated rings. The number of phosphoric acid groups is 1. The summed E-state index contributed by atoms with van der Waals surface area (Å²) in [6, 6.07) is 12.9. The molecule has 3 aromatic rings. The summed E-state index contributed by atoms with van der Waals surface area (Å²) in [7, 11) is -3.13. The fourth-order valence-electron chi connectivity index (χ4n) is 3.47. The first-order valence-electron chi connectivity index (χ1n) is 10.8. The van der Waals surface area contributed by atoms with Gasteiger partial charge in [-0.3, -0.25) is 14.7 Å². The topological polar surface area (TPSA) is 141 Å². The predicted molar refractivity (Wildman–Crippen MR) is 132 cm³/mol. The lowest BCUT2D eigenvalue weighted by atomic mass is 10.1. The van der Waals surface area contributed by atoms with Crippen LogP contribution in [-0.2, 0) is 20.4 Å². The number of benzene rings is 2. The number of phosphoric ester groups is 1. The number of rotatable bonds is 11. The van der Waals surface area contributed by atoms with Gasteiger partial charge in [-0.25, -0.2) is 18.7 Å². The zero-order valence-electron chi connectivity index (χ0n) is 19.3. The Balaban J connectivity index is 1.66. The number of fused-ring (bicyclic) bond motifs is 1. The normalized spacial score (nSPS) is 13.5. The van der Waals surface area contributed by atoms with Gasteiger partial charge in [-0.05, 0) is 36.6 Å². The molecule has 0 aliphatic heterocycles.